The zero-order valence-electron chi connectivity index (χ0n) is 10.7. The van der Waals surface area contributed by atoms with Gasteiger partial charge in [0.25, 0.3) is 0 Å². The molecule has 0 spiro atoms. The number of hydrogen-bond donors (Lipinski definition) is 1. The quantitative estimate of drug-likeness (QED) is 0.763. The van der Waals surface area contributed by atoms with E-state index in [0.717, 1.165) is 25.9 Å². The summed E-state index contributed by atoms with van der Waals surface area (Å²) in [5, 5.41) is 3.24. The predicted octanol–water partition coefficient (Wildman–Crippen LogP) is 1.01. The molecule has 0 unspecified atom stereocenters. The first-order chi connectivity index (χ1) is 7.55. The molecule has 1 heterocycles. The molecule has 1 rings (SSSR count). The predicted molar refractivity (Wildman–Crippen MR) is 64.4 cm³/mol. The highest BCUT2D eigenvalue weighted by Gasteiger charge is 2.21. The second-order valence-electron chi connectivity index (χ2n) is 5.11. The lowest BCUT2D eigenvalue weighted by Gasteiger charge is -2.30. The highest BCUT2D eigenvalue weighted by molar-refractivity contribution is 5.78. The highest BCUT2D eigenvalue weighted by Crippen LogP contribution is 2.09. The van der Waals surface area contributed by atoms with Crippen molar-refractivity contribution in [2.75, 3.05) is 33.4 Å². The van der Waals surface area contributed by atoms with E-state index in [1.54, 1.807) is 7.11 Å². The van der Waals surface area contributed by atoms with Gasteiger partial charge in [-0.1, -0.05) is 0 Å². The molecule has 1 fully saturated rings. The average Bonchev–Trinajstić information content (AvgIpc) is 2.27. The third-order valence-electron chi connectivity index (χ3n) is 2.93. The van der Waals surface area contributed by atoms with Crippen LogP contribution < -0.4 is 5.32 Å². The number of nitrogens with zero attached hydrogens (tertiary/aromatic N) is 1. The van der Waals surface area contributed by atoms with Gasteiger partial charge < -0.3 is 15.0 Å². The van der Waals surface area contributed by atoms with Crippen LogP contribution in [0.25, 0.3) is 0 Å². The number of hydrogen-bond acceptors (Lipinski definition) is 3. The molecule has 0 radical (unpaired) electrons. The Morgan fingerprint density at radius 2 is 1.94 bits per heavy atom. The van der Waals surface area contributed by atoms with Gasteiger partial charge in [-0.2, -0.15) is 0 Å². The van der Waals surface area contributed by atoms with Crippen molar-refractivity contribution < 1.29 is 9.53 Å². The molecular formula is C12H24N2O2. The van der Waals surface area contributed by atoms with E-state index < -0.39 is 0 Å². The van der Waals surface area contributed by atoms with Crippen molar-refractivity contribution in [2.24, 2.45) is 0 Å². The molecule has 0 aromatic heterocycles. The van der Waals surface area contributed by atoms with Crippen LogP contribution in [0.15, 0.2) is 0 Å². The molecule has 0 atom stereocenters. The molecule has 1 amide bonds. The molecule has 1 aliphatic heterocycles. The maximum Gasteiger partial charge on any atom is 0.236 e. The first kappa shape index (κ1) is 13.5. The van der Waals surface area contributed by atoms with E-state index >= 15 is 0 Å². The number of carbonyl (C=O) groups excluding carboxylic acids is 1. The van der Waals surface area contributed by atoms with Gasteiger partial charge in [-0.3, -0.25) is 4.79 Å². The molecule has 4 nitrogen and oxygen atoms in total. The fourth-order valence-electron chi connectivity index (χ4n) is 1.98. The molecule has 0 aromatic carbocycles. The molecule has 1 N–H and O–H groups in total. The van der Waals surface area contributed by atoms with E-state index in [1.165, 1.54) is 6.42 Å². The fraction of sp³-hybridized carbons (Fsp3) is 0.917. The van der Waals surface area contributed by atoms with Crippen LogP contribution in [0, 0.1) is 0 Å². The smallest absolute Gasteiger partial charge is 0.236 e. The first-order valence-electron chi connectivity index (χ1n) is 6.07. The minimum Gasteiger partial charge on any atom is -0.383 e. The van der Waals surface area contributed by atoms with E-state index in [0.29, 0.717) is 13.2 Å². The maximum atomic E-state index is 11.9. The molecule has 0 bridgehead atoms. The van der Waals surface area contributed by atoms with Crippen molar-refractivity contribution in [1.29, 1.82) is 0 Å². The molecular weight excluding hydrogens is 204 g/mol. The van der Waals surface area contributed by atoms with Crippen molar-refractivity contribution >= 4 is 5.91 Å². The summed E-state index contributed by atoms with van der Waals surface area (Å²) in [5.74, 6) is 0.212. The van der Waals surface area contributed by atoms with Crippen LogP contribution in [0.3, 0.4) is 0 Å². The Morgan fingerprint density at radius 1 is 1.31 bits per heavy atom. The van der Waals surface area contributed by atoms with Gasteiger partial charge in [0.05, 0.1) is 13.2 Å². The molecule has 1 aliphatic rings. The lowest BCUT2D eigenvalue weighted by atomic mass is 10.1. The van der Waals surface area contributed by atoms with Crippen molar-refractivity contribution in [3.05, 3.63) is 0 Å². The minimum atomic E-state index is -0.139. The third kappa shape index (κ3) is 4.49. The summed E-state index contributed by atoms with van der Waals surface area (Å²) in [6.07, 6.45) is 3.55. The molecule has 94 valence electrons. The summed E-state index contributed by atoms with van der Waals surface area (Å²) in [4.78, 5) is 13.8. The lowest BCUT2D eigenvalue weighted by Crippen LogP contribution is -2.49. The summed E-state index contributed by atoms with van der Waals surface area (Å²) in [6, 6.07) is 0. The fourth-order valence-corrected chi connectivity index (χ4v) is 1.98. The van der Waals surface area contributed by atoms with Gasteiger partial charge in [-0.15, -0.1) is 0 Å². The maximum absolute atomic E-state index is 11.9. The topological polar surface area (TPSA) is 41.6 Å². The van der Waals surface area contributed by atoms with Crippen molar-refractivity contribution in [3.63, 3.8) is 0 Å². The minimum absolute atomic E-state index is 0.139. The number of likely N-dealkylation sites (tertiary alicyclic amines) is 1. The number of ether oxygens (including phenoxy) is 1. The van der Waals surface area contributed by atoms with Crippen molar-refractivity contribution in [3.8, 4) is 0 Å². The number of methoxy groups -OCH3 is 1. The lowest BCUT2D eigenvalue weighted by molar-refractivity contribution is -0.131. The van der Waals surface area contributed by atoms with Gasteiger partial charge >= 0.3 is 0 Å². The molecule has 0 aromatic rings. The summed E-state index contributed by atoms with van der Waals surface area (Å²) < 4.78 is 5.10. The molecule has 0 saturated carbocycles. The first-order valence-corrected chi connectivity index (χ1v) is 6.07. The normalized spacial score (nSPS) is 17.6. The SMILES string of the molecule is COCC(C)(C)NCC(=O)N1CCCCC1. The monoisotopic (exact) mass is 228 g/mol. The van der Waals surface area contributed by atoms with Gasteiger partial charge in [0.1, 0.15) is 0 Å². The zero-order valence-corrected chi connectivity index (χ0v) is 10.7. The number of carbonyl (C=O) groups is 1. The Bertz CT molecular complexity index is 223. The standard InChI is InChI=1S/C12H24N2O2/c1-12(2,10-16-3)13-9-11(15)14-7-5-4-6-8-14/h13H,4-10H2,1-3H3. The summed E-state index contributed by atoms with van der Waals surface area (Å²) >= 11 is 0. The number of nitrogens with one attached hydrogen (secondary N) is 1. The van der Waals surface area contributed by atoms with Crippen molar-refractivity contribution in [2.45, 2.75) is 38.6 Å². The van der Waals surface area contributed by atoms with Gasteiger partial charge in [0.15, 0.2) is 0 Å². The van der Waals surface area contributed by atoms with Crippen LogP contribution in [0.5, 0.6) is 0 Å². The molecule has 4 heteroatoms. The molecule has 1 saturated heterocycles. The van der Waals surface area contributed by atoms with E-state index in [2.05, 4.69) is 5.32 Å². The van der Waals surface area contributed by atoms with Gasteiger partial charge in [0, 0.05) is 25.7 Å². The van der Waals surface area contributed by atoms with E-state index in [-0.39, 0.29) is 11.4 Å². The highest BCUT2D eigenvalue weighted by atomic mass is 16.5. The number of piperidine rings is 1. The summed E-state index contributed by atoms with van der Waals surface area (Å²) in [6.45, 7) is 6.95. The molecule has 0 aliphatic carbocycles. The van der Waals surface area contributed by atoms with Crippen LogP contribution in [0.2, 0.25) is 0 Å². The Kier molecular flexibility index (Phi) is 5.22. The Morgan fingerprint density at radius 3 is 2.50 bits per heavy atom. The van der Waals surface area contributed by atoms with Gasteiger partial charge in [-0.05, 0) is 33.1 Å². The Balaban J connectivity index is 2.28. The van der Waals surface area contributed by atoms with Gasteiger partial charge in [-0.25, -0.2) is 0 Å². The van der Waals surface area contributed by atoms with Crippen LogP contribution in [-0.2, 0) is 9.53 Å². The van der Waals surface area contributed by atoms with E-state index in [9.17, 15) is 4.79 Å². The second kappa shape index (κ2) is 6.21. The molecule has 16 heavy (non-hydrogen) atoms. The van der Waals surface area contributed by atoms with Crippen LogP contribution in [0.1, 0.15) is 33.1 Å². The van der Waals surface area contributed by atoms with Crippen LogP contribution >= 0.6 is 0 Å². The largest absolute Gasteiger partial charge is 0.383 e. The van der Waals surface area contributed by atoms with E-state index in [4.69, 9.17) is 4.74 Å². The second-order valence-corrected chi connectivity index (χ2v) is 5.11. The summed E-state index contributed by atoms with van der Waals surface area (Å²) in [7, 11) is 1.68. The van der Waals surface area contributed by atoms with Crippen LogP contribution in [0.4, 0.5) is 0 Å². The van der Waals surface area contributed by atoms with Crippen molar-refractivity contribution in [1.82, 2.24) is 10.2 Å². The summed E-state index contributed by atoms with van der Waals surface area (Å²) in [5.41, 5.74) is -0.139. The van der Waals surface area contributed by atoms with Gasteiger partial charge in [0.2, 0.25) is 5.91 Å². The van der Waals surface area contributed by atoms with E-state index in [1.807, 2.05) is 18.7 Å². The number of rotatable bonds is 5. The average molecular weight is 228 g/mol. The van der Waals surface area contributed by atoms with Crippen LogP contribution in [-0.4, -0.2) is 49.7 Å². The Labute approximate surface area is 98.3 Å². The Hall–Kier alpha value is -0.610. The zero-order chi connectivity index (χ0) is 12.0. The third-order valence-corrected chi connectivity index (χ3v) is 2.93. The number of amides is 1.